The number of nitrogens with two attached hydrogens (primary N) is 3. The number of halogens is 3. The Morgan fingerprint density at radius 2 is 0.757 bits per heavy atom. The number of rotatable bonds is 36. The van der Waals surface area contributed by atoms with Crippen molar-refractivity contribution < 1.29 is 137 Å². The fourth-order valence-corrected chi connectivity index (χ4v) is 21.7. The van der Waals surface area contributed by atoms with Crippen molar-refractivity contribution in [3.05, 3.63) is 97.2 Å². The van der Waals surface area contributed by atoms with Gasteiger partial charge < -0.3 is 124 Å². The van der Waals surface area contributed by atoms with Crippen LogP contribution in [0.5, 0.6) is 0 Å². The largest absolute Gasteiger partial charge is 0.462 e. The third-order valence-electron chi connectivity index (χ3n) is 24.8. The molecule has 0 spiro atoms. The van der Waals surface area contributed by atoms with Gasteiger partial charge in [0.05, 0.1) is 182 Å². The number of aryl methyl sites for hydroxylation is 2. The van der Waals surface area contributed by atoms with Crippen molar-refractivity contribution in [1.82, 2.24) is 83.8 Å². The smallest absolute Gasteiger partial charge is 0.323 e. The molecule has 24 atom stereocenters. The average molecular weight is 2110 g/mol. The summed E-state index contributed by atoms with van der Waals surface area (Å²) in [4.78, 5) is 98.5. The zero-order valence-electron chi connectivity index (χ0n) is 84.0. The highest BCUT2D eigenvalue weighted by atomic mass is 31.2. The lowest BCUT2D eigenvalue weighted by molar-refractivity contribution is -0.149. The van der Waals surface area contributed by atoms with Gasteiger partial charge in [0.15, 0.2) is 66.4 Å². The molecule has 56 heteroatoms. The molecule has 4 fully saturated rings. The quantitative estimate of drug-likeness (QED) is 0.0101. The second-order valence-electron chi connectivity index (χ2n) is 38.4. The number of amides is 1. The number of amidine groups is 1. The molecular formula is C88H132F3N23O26P4. The maximum Gasteiger partial charge on any atom is 0.323 e. The molecule has 6 aliphatic heterocycles. The first kappa shape index (κ1) is 114. The Kier molecular flexibility index (Phi) is 36.0. The zero-order valence-corrected chi connectivity index (χ0v) is 87.6. The van der Waals surface area contributed by atoms with E-state index in [0.717, 1.165) is 0 Å². The molecule has 144 heavy (non-hydrogen) atoms. The van der Waals surface area contributed by atoms with E-state index < -0.39 is 200 Å². The van der Waals surface area contributed by atoms with Gasteiger partial charge in [0.1, 0.15) is 70.4 Å². The van der Waals surface area contributed by atoms with Crippen LogP contribution in [0, 0.1) is 35.5 Å². The van der Waals surface area contributed by atoms with Crippen LogP contribution in [0.3, 0.4) is 0 Å². The maximum atomic E-state index is 15.9. The molecule has 0 bridgehead atoms. The molecule has 4 saturated heterocycles. The summed E-state index contributed by atoms with van der Waals surface area (Å²) in [5.41, 5.74) is 18.0. The van der Waals surface area contributed by atoms with Gasteiger partial charge in [-0.2, -0.15) is 0 Å². The first-order valence-electron chi connectivity index (χ1n) is 46.1. The number of alkyl halides is 3. The number of hydrogen-bond acceptors (Lipinski definition) is 40. The number of aliphatic hydroxyl groups excluding tert-OH is 5. The summed E-state index contributed by atoms with van der Waals surface area (Å²) in [6.07, 6.45) is -10.1. The third kappa shape index (κ3) is 25.5. The van der Waals surface area contributed by atoms with Crippen LogP contribution in [0.25, 0.3) is 44.4 Å². The van der Waals surface area contributed by atoms with Gasteiger partial charge in [0.25, 0.3) is 36.0 Å². The molecule has 0 radical (unpaired) electrons. The molecule has 49 nitrogen and oxygen atoms in total. The molecule has 8 aromatic rings. The van der Waals surface area contributed by atoms with E-state index in [1.807, 2.05) is 0 Å². The molecule has 8 unspecified atom stereocenters. The number of nitrogens with one attached hydrogen (secondary N) is 7. The number of aliphatic hydroxyl groups is 5. The van der Waals surface area contributed by atoms with Crippen LogP contribution in [0.1, 0.15) is 163 Å². The summed E-state index contributed by atoms with van der Waals surface area (Å²) in [6, 6.07) is 3.17. The molecule has 6 aliphatic rings. The Hall–Kier alpha value is -9.99. The first-order chi connectivity index (χ1) is 67.1. The van der Waals surface area contributed by atoms with Crippen LogP contribution >= 0.6 is 30.1 Å². The monoisotopic (exact) mass is 2110 g/mol. The fourth-order valence-electron chi connectivity index (χ4n) is 16.5. The molecule has 12 heterocycles. The number of nitrogen functional groups attached to an aromatic ring is 2. The minimum Gasteiger partial charge on any atom is -0.462 e. The topological polar surface area (TPSA) is 663 Å². The van der Waals surface area contributed by atoms with Crippen molar-refractivity contribution >= 4 is 133 Å². The molecule has 18 N–H and O–H groups in total. The van der Waals surface area contributed by atoms with Gasteiger partial charge in [-0.3, -0.25) is 51.4 Å². The Bertz CT molecular complexity index is 6040. The van der Waals surface area contributed by atoms with Crippen LogP contribution in [0.2, 0.25) is 0 Å². The second-order valence-corrected chi connectivity index (χ2v) is 47.3. The van der Waals surface area contributed by atoms with Crippen molar-refractivity contribution in [2.75, 3.05) is 102 Å². The summed E-state index contributed by atoms with van der Waals surface area (Å²) in [6.45, 7) is 38.7. The van der Waals surface area contributed by atoms with E-state index in [-0.39, 0.29) is 74.2 Å². The normalized spacial score (nSPS) is 27.6. The van der Waals surface area contributed by atoms with Gasteiger partial charge in [-0.25, -0.2) is 78.4 Å². The second kappa shape index (κ2) is 45.4. The number of fused-ring (bicyclic) bond motifs is 6. The van der Waals surface area contributed by atoms with Crippen molar-refractivity contribution in [3.63, 3.8) is 0 Å². The van der Waals surface area contributed by atoms with E-state index in [1.54, 1.807) is 100 Å². The van der Waals surface area contributed by atoms with E-state index in [4.69, 9.17) is 73.2 Å². The lowest BCUT2D eigenvalue weighted by Crippen LogP contribution is -2.43. The summed E-state index contributed by atoms with van der Waals surface area (Å²) >= 11 is 0. The third-order valence-corrected chi connectivity index (χ3v) is 30.8. The molecule has 14 rings (SSSR count). The number of anilines is 4. The van der Waals surface area contributed by atoms with E-state index in [0.29, 0.717) is 90.2 Å². The number of esters is 4. The Morgan fingerprint density at radius 1 is 0.458 bits per heavy atom. The minimum absolute atomic E-state index is 0.155. The van der Waals surface area contributed by atoms with Crippen LogP contribution < -0.4 is 53.5 Å². The highest BCUT2D eigenvalue weighted by Crippen LogP contribution is 2.54. The molecular weight excluding hydrogens is 1980 g/mol. The number of hydrogen-bond donors (Lipinski definition) is 15. The number of ether oxygens (including phenoxy) is 8. The summed E-state index contributed by atoms with van der Waals surface area (Å²) in [7, 11) is -14.0. The molecule has 0 aliphatic carbocycles. The van der Waals surface area contributed by atoms with E-state index in [9.17, 15) is 67.8 Å². The predicted molar refractivity (Wildman–Crippen MR) is 522 cm³/mol. The SMILES string of the molecule is C=C1N=C(N)c2cc3ncn([C@@H]4O[C@H](COP(C)(=O)N[C@@H](C)C(=O)OC(C)C)[C@](C)(CO)C4F)c3cc2N1.C=C1NC(=O)c2cc3ncn([C@@H]4O[C@H](COP(C)(=O)N[C@@H](C)C(=O)OC(C)C)[C@](C)(CO)C4F)c3cc2N1.Cc1nc(N)c2ncn([C@@H]3O[C@H](COP(C)(=O)N[C@@H](C)C(=O)OC(C)C)[C@](C)(CO)C3F)c2n1.Cc1nc(N)c2ncn([C@@H]3O[C@H](COP(C)(=O)N[C@@H](C)C(=O)OC(C)C)[C@](C)(CO)C3O)c2n1. The Balaban J connectivity index is 0.000000183. The highest BCUT2D eigenvalue weighted by Gasteiger charge is 2.60. The maximum absolute atomic E-state index is 15.9. The fraction of sp³-hybridized carbons (Fsp3) is 0.614. The highest BCUT2D eigenvalue weighted by molar-refractivity contribution is 7.57. The number of aliphatic imine (C=N–C) groups is 1. The Labute approximate surface area is 828 Å². The van der Waals surface area contributed by atoms with Gasteiger partial charge in [0, 0.05) is 37.6 Å². The van der Waals surface area contributed by atoms with E-state index in [1.165, 1.54) is 119 Å². The summed E-state index contributed by atoms with van der Waals surface area (Å²) in [5.74, 6) is -0.515. The summed E-state index contributed by atoms with van der Waals surface area (Å²) < 4.78 is 172. The number of aromatic nitrogens is 12. The molecule has 2 aromatic carbocycles. The number of carbonyl (C=O) groups excluding carboxylic acids is 5. The zero-order chi connectivity index (χ0) is 107. The standard InChI is InChI=1S/C24H34FN6O6P.C24H33FN5O7P.C20H32FN6O6P.C20H33N6O7P/c1-12(2)36-23(33)13(3)30-38(6,34)35-9-19-24(5,10-32)20(25)22(37-19)31-11-27-17-7-15-16(8-18(17)31)28-14(4)29-21(15)26;1-12(2)36-23(33)13(3)29-38(6,34)35-9-19-24(5,10-31)20(25)22(37-19)30-11-26-17-7-15-16(8-18(17)30)27-14(4)28-21(15)32;1-10(2)32-19(29)11(3)26-34(6,30)31-7-13-20(5,8-28)15(21)18(33-13)27-9-23-14-16(22)24-12(4)25-17(14)27;1-10(2)32-19(29)11(3)25-34(6,30)31-7-13-20(5,8-27)15(28)18(33-13)26-9-22-14-16(21)23-12(4)24-17(14)26/h7-8,11-13,19-20,22,28,32H,4,9-10H2,1-3,5-6H3,(H2,26,29)(H,30,34);7-8,11-13,19-20,22,27,31H,4,9-10H2,1-3,5-6H3,(H,28,32)(H,29,34);9-11,13,15,18,28H,7-8H2,1-6H3,(H,26,30)(H2,22,24,25);9-11,13,15,18,27-28H,7-8H2,1-6H3,(H,25,30)(H2,21,23,24)/t2*13-,19+,20?,22+,24-,38?;2*11-,13+,15?,18+,20-,34?/m0000/s1. The number of nitrogens with zero attached hydrogens (tertiary/aromatic N) is 13. The number of benzene rings is 2. The van der Waals surface area contributed by atoms with Crippen molar-refractivity contribution in [2.45, 2.75) is 247 Å². The van der Waals surface area contributed by atoms with Gasteiger partial charge >= 0.3 is 23.9 Å². The number of imidazole rings is 4. The lowest BCUT2D eigenvalue weighted by atomic mass is 9.81. The van der Waals surface area contributed by atoms with Crippen LogP contribution in [0.15, 0.2) is 79.4 Å². The van der Waals surface area contributed by atoms with E-state index in [2.05, 4.69) is 94.3 Å². The Morgan fingerprint density at radius 3 is 1.09 bits per heavy atom. The van der Waals surface area contributed by atoms with Crippen LogP contribution in [-0.4, -0.2) is 296 Å². The van der Waals surface area contributed by atoms with Crippen LogP contribution in [0.4, 0.5) is 36.2 Å². The van der Waals surface area contributed by atoms with Crippen molar-refractivity contribution in [2.24, 2.45) is 32.4 Å². The minimum atomic E-state index is -3.54. The van der Waals surface area contributed by atoms with Gasteiger partial charge in [-0.05, 0) is 121 Å². The molecule has 0 saturated carbocycles. The number of carbonyl (C=O) groups is 5. The molecule has 1 amide bonds. The van der Waals surface area contributed by atoms with Gasteiger partial charge in [-0.1, -0.05) is 40.9 Å². The van der Waals surface area contributed by atoms with Crippen molar-refractivity contribution in [3.8, 4) is 0 Å². The molecule has 796 valence electrons. The predicted octanol–water partition coefficient (Wildman–Crippen LogP) is 7.77. The van der Waals surface area contributed by atoms with Crippen LogP contribution in [-0.2, 0) is 93.4 Å². The van der Waals surface area contributed by atoms with E-state index >= 15 is 13.2 Å². The van der Waals surface area contributed by atoms with Gasteiger partial charge in [0.2, 0.25) is 0 Å². The average Bonchev–Trinajstić information content (AvgIpc) is 1.60. The van der Waals surface area contributed by atoms with Gasteiger partial charge in [-0.15, -0.1) is 0 Å². The van der Waals surface area contributed by atoms with Crippen molar-refractivity contribution in [1.29, 1.82) is 0 Å². The first-order valence-corrected chi connectivity index (χ1v) is 54.4. The molecule has 6 aromatic heterocycles. The summed E-state index contributed by atoms with van der Waals surface area (Å²) in [5, 5.41) is 70.6. The lowest BCUT2D eigenvalue weighted by Gasteiger charge is -2.31.